The van der Waals surface area contributed by atoms with Crippen molar-refractivity contribution in [3.8, 4) is 10.6 Å². The molecule has 0 aliphatic carbocycles. The lowest BCUT2D eigenvalue weighted by atomic mass is 10.2. The number of hydrogen-bond donors (Lipinski definition) is 0. The van der Waals surface area contributed by atoms with Crippen LogP contribution in [0.3, 0.4) is 0 Å². The largest absolute Gasteiger partial charge is 0.291 e. The Bertz CT molecular complexity index is 545. The van der Waals surface area contributed by atoms with Crippen molar-refractivity contribution in [3.05, 3.63) is 34.6 Å². The number of carbonyl (C=O) groups excluding carboxylic acids is 1. The van der Waals surface area contributed by atoms with Crippen LogP contribution in [0.1, 0.15) is 21.9 Å². The zero-order valence-corrected chi connectivity index (χ0v) is 11.1. The number of rotatable bonds is 3. The molecule has 2 aromatic rings. The van der Waals surface area contributed by atoms with Crippen molar-refractivity contribution >= 4 is 28.7 Å². The summed E-state index contributed by atoms with van der Waals surface area (Å²) in [5, 5.41) is 2.57. The SMILES string of the molecule is Cc1cc(-c2nc(C(=O)CCl)cs2)cc(C)n1. The fraction of sp³-hybridized carbons (Fsp3) is 0.250. The van der Waals surface area contributed by atoms with Crippen molar-refractivity contribution in [1.82, 2.24) is 9.97 Å². The van der Waals surface area contributed by atoms with Crippen molar-refractivity contribution in [1.29, 1.82) is 0 Å². The molecule has 0 aromatic carbocycles. The Morgan fingerprint density at radius 2 is 1.94 bits per heavy atom. The summed E-state index contributed by atoms with van der Waals surface area (Å²) in [6.45, 7) is 3.88. The summed E-state index contributed by atoms with van der Waals surface area (Å²) < 4.78 is 0. The van der Waals surface area contributed by atoms with Crippen molar-refractivity contribution in [2.75, 3.05) is 5.88 Å². The van der Waals surface area contributed by atoms with Gasteiger partial charge in [0.05, 0.1) is 5.88 Å². The van der Waals surface area contributed by atoms with Gasteiger partial charge < -0.3 is 0 Å². The predicted octanol–water partition coefficient (Wildman–Crippen LogP) is 3.24. The summed E-state index contributed by atoms with van der Waals surface area (Å²) in [6.07, 6.45) is 0. The highest BCUT2D eigenvalue weighted by Crippen LogP contribution is 2.25. The van der Waals surface area contributed by atoms with E-state index in [2.05, 4.69) is 9.97 Å². The van der Waals surface area contributed by atoms with Gasteiger partial charge in [0.1, 0.15) is 10.7 Å². The molecule has 0 saturated heterocycles. The van der Waals surface area contributed by atoms with Gasteiger partial charge in [-0.1, -0.05) is 0 Å². The van der Waals surface area contributed by atoms with Gasteiger partial charge in [0.15, 0.2) is 5.78 Å². The third-order valence-corrected chi connectivity index (χ3v) is 3.37. The van der Waals surface area contributed by atoms with Crippen LogP contribution in [0.5, 0.6) is 0 Å². The molecule has 0 spiro atoms. The summed E-state index contributed by atoms with van der Waals surface area (Å²) in [7, 11) is 0. The number of carbonyl (C=O) groups is 1. The molecule has 0 unspecified atom stereocenters. The molecule has 0 aliphatic heterocycles. The first-order valence-electron chi connectivity index (χ1n) is 5.10. The summed E-state index contributed by atoms with van der Waals surface area (Å²) in [4.78, 5) is 20.0. The van der Waals surface area contributed by atoms with E-state index in [0.29, 0.717) is 5.69 Å². The maximum absolute atomic E-state index is 11.4. The van der Waals surface area contributed by atoms with Crippen LogP contribution in [0, 0.1) is 13.8 Å². The molecule has 88 valence electrons. The van der Waals surface area contributed by atoms with Gasteiger partial charge in [-0.3, -0.25) is 9.78 Å². The number of ketones is 1. The van der Waals surface area contributed by atoms with Crippen LogP contribution in [-0.2, 0) is 0 Å². The van der Waals surface area contributed by atoms with Gasteiger partial charge in [-0.25, -0.2) is 4.98 Å². The number of aromatic nitrogens is 2. The van der Waals surface area contributed by atoms with E-state index in [1.165, 1.54) is 11.3 Å². The van der Waals surface area contributed by atoms with Crippen LogP contribution in [0.25, 0.3) is 10.6 Å². The molecular weight excluding hydrogens is 256 g/mol. The van der Waals surface area contributed by atoms with Crippen molar-refractivity contribution in [2.24, 2.45) is 0 Å². The van der Waals surface area contributed by atoms with E-state index >= 15 is 0 Å². The highest BCUT2D eigenvalue weighted by atomic mass is 35.5. The van der Waals surface area contributed by atoms with Crippen LogP contribution in [-0.4, -0.2) is 21.6 Å². The Hall–Kier alpha value is -1.26. The van der Waals surface area contributed by atoms with E-state index in [0.717, 1.165) is 22.0 Å². The summed E-state index contributed by atoms with van der Waals surface area (Å²) in [5.74, 6) is -0.172. The highest BCUT2D eigenvalue weighted by Gasteiger charge is 2.11. The summed E-state index contributed by atoms with van der Waals surface area (Å²) >= 11 is 6.94. The second-order valence-electron chi connectivity index (χ2n) is 3.73. The number of thiazole rings is 1. The van der Waals surface area contributed by atoms with E-state index in [1.54, 1.807) is 5.38 Å². The number of aryl methyl sites for hydroxylation is 2. The molecule has 0 bridgehead atoms. The molecule has 3 nitrogen and oxygen atoms in total. The van der Waals surface area contributed by atoms with E-state index < -0.39 is 0 Å². The molecule has 0 N–H and O–H groups in total. The molecule has 2 heterocycles. The number of Topliss-reactive ketones (excluding diaryl/α,β-unsaturated/α-hetero) is 1. The van der Waals surface area contributed by atoms with Gasteiger partial charge in [0.25, 0.3) is 0 Å². The Morgan fingerprint density at radius 3 is 2.53 bits per heavy atom. The first kappa shape index (κ1) is 12.2. The lowest BCUT2D eigenvalue weighted by Crippen LogP contribution is -2.00. The average molecular weight is 267 g/mol. The monoisotopic (exact) mass is 266 g/mol. The molecule has 0 fully saturated rings. The minimum Gasteiger partial charge on any atom is -0.291 e. The summed E-state index contributed by atoms with van der Waals surface area (Å²) in [6, 6.07) is 3.92. The predicted molar refractivity (Wildman–Crippen MR) is 69.9 cm³/mol. The minimum atomic E-state index is -0.142. The average Bonchev–Trinajstić information content (AvgIpc) is 2.76. The second kappa shape index (κ2) is 4.94. The number of nitrogens with zero attached hydrogens (tertiary/aromatic N) is 2. The topological polar surface area (TPSA) is 42.9 Å². The summed E-state index contributed by atoms with van der Waals surface area (Å²) in [5.41, 5.74) is 3.32. The number of hydrogen-bond acceptors (Lipinski definition) is 4. The normalized spacial score (nSPS) is 10.5. The molecule has 0 radical (unpaired) electrons. The maximum Gasteiger partial charge on any atom is 0.196 e. The lowest BCUT2D eigenvalue weighted by molar-refractivity contribution is 0.101. The van der Waals surface area contributed by atoms with Crippen molar-refractivity contribution < 1.29 is 4.79 Å². The third-order valence-electron chi connectivity index (χ3n) is 2.24. The lowest BCUT2D eigenvalue weighted by Gasteiger charge is -2.00. The van der Waals surface area contributed by atoms with Crippen LogP contribution in [0.4, 0.5) is 0 Å². The molecule has 2 aromatic heterocycles. The highest BCUT2D eigenvalue weighted by molar-refractivity contribution is 7.13. The molecule has 0 saturated carbocycles. The first-order chi connectivity index (χ1) is 8.10. The number of halogens is 1. The molecule has 17 heavy (non-hydrogen) atoms. The maximum atomic E-state index is 11.4. The van der Waals surface area contributed by atoms with Gasteiger partial charge in [-0.2, -0.15) is 0 Å². The van der Waals surface area contributed by atoms with Crippen LogP contribution in [0.15, 0.2) is 17.5 Å². The number of alkyl halides is 1. The fourth-order valence-electron chi connectivity index (χ4n) is 1.56. The third kappa shape index (κ3) is 2.70. The van der Waals surface area contributed by atoms with Gasteiger partial charge >= 0.3 is 0 Å². The molecular formula is C12H11ClN2OS. The van der Waals surface area contributed by atoms with Gasteiger partial charge in [-0.05, 0) is 26.0 Å². The molecule has 5 heteroatoms. The Labute approximate surface area is 108 Å². The van der Waals surface area contributed by atoms with Gasteiger partial charge in [0, 0.05) is 22.3 Å². The molecule has 0 aliphatic rings. The van der Waals surface area contributed by atoms with E-state index in [4.69, 9.17) is 11.6 Å². The van der Waals surface area contributed by atoms with Crippen molar-refractivity contribution in [2.45, 2.75) is 13.8 Å². The molecule has 0 amide bonds. The quantitative estimate of drug-likeness (QED) is 0.633. The first-order valence-corrected chi connectivity index (χ1v) is 6.52. The Balaban J connectivity index is 2.40. The van der Waals surface area contributed by atoms with E-state index in [-0.39, 0.29) is 11.7 Å². The van der Waals surface area contributed by atoms with Gasteiger partial charge in [-0.15, -0.1) is 22.9 Å². The van der Waals surface area contributed by atoms with Crippen LogP contribution in [0.2, 0.25) is 0 Å². The van der Waals surface area contributed by atoms with Crippen LogP contribution < -0.4 is 0 Å². The second-order valence-corrected chi connectivity index (χ2v) is 4.86. The number of pyridine rings is 1. The fourth-order valence-corrected chi connectivity index (χ4v) is 2.51. The molecule has 0 atom stereocenters. The zero-order valence-electron chi connectivity index (χ0n) is 9.53. The molecule has 2 rings (SSSR count). The minimum absolute atomic E-state index is 0.0302. The van der Waals surface area contributed by atoms with Gasteiger partial charge in [0.2, 0.25) is 0 Å². The Kier molecular flexibility index (Phi) is 3.54. The van der Waals surface area contributed by atoms with Crippen LogP contribution >= 0.6 is 22.9 Å². The van der Waals surface area contributed by atoms with E-state index in [1.807, 2.05) is 26.0 Å². The standard InChI is InChI=1S/C12H11ClN2OS/c1-7-3-9(4-8(2)14-7)12-15-10(6-17-12)11(16)5-13/h3-4,6H,5H2,1-2H3. The smallest absolute Gasteiger partial charge is 0.196 e. The van der Waals surface area contributed by atoms with Crippen molar-refractivity contribution in [3.63, 3.8) is 0 Å². The van der Waals surface area contributed by atoms with E-state index in [9.17, 15) is 4.79 Å². The Morgan fingerprint density at radius 1 is 1.29 bits per heavy atom. The zero-order chi connectivity index (χ0) is 12.4.